The van der Waals surface area contributed by atoms with Gasteiger partial charge < -0.3 is 15.0 Å². The van der Waals surface area contributed by atoms with Crippen LogP contribution in [0, 0.1) is 13.8 Å². The highest BCUT2D eigenvalue weighted by Crippen LogP contribution is 2.27. The van der Waals surface area contributed by atoms with E-state index in [1.807, 2.05) is 38.1 Å². The Morgan fingerprint density at radius 2 is 1.65 bits per heavy atom. The second-order valence-corrected chi connectivity index (χ2v) is 10.1. The van der Waals surface area contributed by atoms with Gasteiger partial charge in [0, 0.05) is 25.2 Å². The summed E-state index contributed by atoms with van der Waals surface area (Å²) >= 11 is 0. The molecule has 0 spiro atoms. The molecular formula is C26H29N3O4S. The van der Waals surface area contributed by atoms with Crippen molar-refractivity contribution in [1.82, 2.24) is 4.72 Å². The largest absolute Gasteiger partial charge is 0.378 e. The van der Waals surface area contributed by atoms with Gasteiger partial charge in [-0.05, 0) is 66.9 Å². The lowest BCUT2D eigenvalue weighted by atomic mass is 10.1. The number of sulfonamides is 1. The molecule has 8 heteroatoms. The highest BCUT2D eigenvalue weighted by Gasteiger charge is 2.17. The van der Waals surface area contributed by atoms with Crippen molar-refractivity contribution in [2.75, 3.05) is 36.5 Å². The number of morpholine rings is 1. The predicted octanol–water partition coefficient (Wildman–Crippen LogP) is 3.87. The Morgan fingerprint density at radius 1 is 0.941 bits per heavy atom. The van der Waals surface area contributed by atoms with Crippen molar-refractivity contribution < 1.29 is 17.9 Å². The van der Waals surface area contributed by atoms with Crippen molar-refractivity contribution in [2.45, 2.75) is 25.3 Å². The van der Waals surface area contributed by atoms with Gasteiger partial charge in [0.2, 0.25) is 10.0 Å². The quantitative estimate of drug-likeness (QED) is 0.537. The summed E-state index contributed by atoms with van der Waals surface area (Å²) in [6.45, 7) is 6.85. The van der Waals surface area contributed by atoms with Crippen LogP contribution < -0.4 is 14.9 Å². The first-order valence-corrected chi connectivity index (χ1v) is 12.7. The fourth-order valence-corrected chi connectivity index (χ4v) is 4.87. The maximum Gasteiger partial charge on any atom is 0.255 e. The van der Waals surface area contributed by atoms with Gasteiger partial charge in [0.05, 0.1) is 29.5 Å². The van der Waals surface area contributed by atoms with E-state index in [1.54, 1.807) is 42.5 Å². The van der Waals surface area contributed by atoms with Crippen LogP contribution in [0.15, 0.2) is 71.6 Å². The van der Waals surface area contributed by atoms with Crippen LogP contribution in [0.25, 0.3) is 0 Å². The molecule has 4 rings (SSSR count). The van der Waals surface area contributed by atoms with Crippen LogP contribution in [0.1, 0.15) is 27.0 Å². The minimum Gasteiger partial charge on any atom is -0.378 e. The Balaban J connectivity index is 1.40. The first kappa shape index (κ1) is 23.9. The molecule has 1 fully saturated rings. The molecule has 0 radical (unpaired) electrons. The third-order valence-electron chi connectivity index (χ3n) is 5.98. The highest BCUT2D eigenvalue weighted by molar-refractivity contribution is 7.89. The SMILES string of the molecule is Cc1ccc(S(=O)(=O)NCc2ccc(C(=O)Nc3ccccc3N3CCOCC3)cc2)cc1C. The zero-order valence-electron chi connectivity index (χ0n) is 19.4. The van der Waals surface area contributed by atoms with Gasteiger partial charge in [0.15, 0.2) is 0 Å². The fraction of sp³-hybridized carbons (Fsp3) is 0.269. The predicted molar refractivity (Wildman–Crippen MR) is 134 cm³/mol. The summed E-state index contributed by atoms with van der Waals surface area (Å²) in [4.78, 5) is 15.3. The molecular weight excluding hydrogens is 450 g/mol. The number of nitrogens with zero attached hydrogens (tertiary/aromatic N) is 1. The van der Waals surface area contributed by atoms with Crippen LogP contribution in [0.3, 0.4) is 0 Å². The van der Waals surface area contributed by atoms with Gasteiger partial charge in [0.1, 0.15) is 0 Å². The smallest absolute Gasteiger partial charge is 0.255 e. The molecule has 3 aromatic carbocycles. The Bertz CT molecular complexity index is 1270. The van der Waals surface area contributed by atoms with Crippen molar-refractivity contribution in [3.05, 3.63) is 89.0 Å². The lowest BCUT2D eigenvalue weighted by Crippen LogP contribution is -2.36. The Kier molecular flexibility index (Phi) is 7.31. The number of rotatable bonds is 7. The van der Waals surface area contributed by atoms with Crippen LogP contribution in [0.4, 0.5) is 11.4 Å². The minimum absolute atomic E-state index is 0.136. The standard InChI is InChI=1S/C26H29N3O4S/c1-19-7-12-23(17-20(19)2)34(31,32)27-18-21-8-10-22(11-9-21)26(30)28-24-5-3-4-6-25(24)29-13-15-33-16-14-29/h3-12,17,27H,13-16,18H2,1-2H3,(H,28,30). The van der Waals surface area contributed by atoms with E-state index in [0.717, 1.165) is 41.2 Å². The van der Waals surface area contributed by atoms with Gasteiger partial charge in [-0.25, -0.2) is 13.1 Å². The molecule has 1 heterocycles. The monoisotopic (exact) mass is 479 g/mol. The second-order valence-electron chi connectivity index (χ2n) is 8.34. The van der Waals surface area contributed by atoms with E-state index >= 15 is 0 Å². The Morgan fingerprint density at radius 3 is 2.35 bits per heavy atom. The number of carbonyl (C=O) groups excluding carboxylic acids is 1. The summed E-state index contributed by atoms with van der Waals surface area (Å²) in [5, 5.41) is 3.00. The molecule has 2 N–H and O–H groups in total. The van der Waals surface area contributed by atoms with E-state index in [0.29, 0.717) is 18.8 Å². The summed E-state index contributed by atoms with van der Waals surface area (Å²) in [7, 11) is -3.62. The second kappa shape index (κ2) is 10.4. The average Bonchev–Trinajstić information content (AvgIpc) is 2.85. The zero-order valence-corrected chi connectivity index (χ0v) is 20.2. The summed E-state index contributed by atoms with van der Waals surface area (Å²) in [5.74, 6) is -0.219. The fourth-order valence-electron chi connectivity index (χ4n) is 3.77. The molecule has 1 aliphatic heterocycles. The molecule has 1 amide bonds. The highest BCUT2D eigenvalue weighted by atomic mass is 32.2. The number of hydrogen-bond acceptors (Lipinski definition) is 5. The van der Waals surface area contributed by atoms with E-state index in [4.69, 9.17) is 4.74 Å². The number of ether oxygens (including phenoxy) is 1. The Labute approximate surface area is 200 Å². The molecule has 0 bridgehead atoms. The number of carbonyl (C=O) groups is 1. The first-order chi connectivity index (χ1) is 16.3. The molecule has 0 unspecified atom stereocenters. The maximum absolute atomic E-state index is 12.9. The minimum atomic E-state index is -3.62. The molecule has 3 aromatic rings. The van der Waals surface area contributed by atoms with Crippen molar-refractivity contribution in [3.8, 4) is 0 Å². The number of aryl methyl sites for hydroxylation is 2. The molecule has 1 aliphatic rings. The third kappa shape index (κ3) is 5.64. The van der Waals surface area contributed by atoms with Gasteiger partial charge in [0.25, 0.3) is 5.91 Å². The van der Waals surface area contributed by atoms with E-state index < -0.39 is 10.0 Å². The zero-order chi connectivity index (χ0) is 24.1. The van der Waals surface area contributed by atoms with Crippen LogP contribution >= 0.6 is 0 Å². The molecule has 7 nitrogen and oxygen atoms in total. The van der Waals surface area contributed by atoms with Crippen molar-refractivity contribution >= 4 is 27.3 Å². The van der Waals surface area contributed by atoms with Crippen LogP contribution in [-0.2, 0) is 21.3 Å². The first-order valence-electron chi connectivity index (χ1n) is 11.2. The lowest BCUT2D eigenvalue weighted by molar-refractivity contribution is 0.102. The molecule has 178 valence electrons. The summed E-state index contributed by atoms with van der Waals surface area (Å²) < 4.78 is 33.3. The van der Waals surface area contributed by atoms with Gasteiger partial charge in [-0.1, -0.05) is 30.3 Å². The van der Waals surface area contributed by atoms with E-state index in [9.17, 15) is 13.2 Å². The number of benzene rings is 3. The Hall–Kier alpha value is -3.20. The molecule has 0 atom stereocenters. The van der Waals surface area contributed by atoms with E-state index in [-0.39, 0.29) is 17.3 Å². The van der Waals surface area contributed by atoms with Crippen LogP contribution in [-0.4, -0.2) is 40.6 Å². The van der Waals surface area contributed by atoms with Gasteiger partial charge in [-0.2, -0.15) is 0 Å². The van der Waals surface area contributed by atoms with E-state index in [1.165, 1.54) is 0 Å². The number of hydrogen-bond donors (Lipinski definition) is 2. The van der Waals surface area contributed by atoms with Crippen molar-refractivity contribution in [2.24, 2.45) is 0 Å². The number of anilines is 2. The average molecular weight is 480 g/mol. The molecule has 0 aromatic heterocycles. The molecule has 1 saturated heterocycles. The third-order valence-corrected chi connectivity index (χ3v) is 7.37. The number of amides is 1. The molecule has 0 aliphatic carbocycles. The maximum atomic E-state index is 12.9. The van der Waals surface area contributed by atoms with Gasteiger partial charge >= 0.3 is 0 Å². The molecule has 0 saturated carbocycles. The lowest BCUT2D eigenvalue weighted by Gasteiger charge is -2.30. The van der Waals surface area contributed by atoms with Crippen LogP contribution in [0.2, 0.25) is 0 Å². The van der Waals surface area contributed by atoms with Crippen LogP contribution in [0.5, 0.6) is 0 Å². The van der Waals surface area contributed by atoms with E-state index in [2.05, 4.69) is 14.9 Å². The van der Waals surface area contributed by atoms with Crippen molar-refractivity contribution in [1.29, 1.82) is 0 Å². The van der Waals surface area contributed by atoms with Crippen molar-refractivity contribution in [3.63, 3.8) is 0 Å². The summed E-state index contributed by atoms with van der Waals surface area (Å²) in [5.41, 5.74) is 4.94. The topological polar surface area (TPSA) is 87.7 Å². The number of nitrogens with one attached hydrogen (secondary N) is 2. The summed E-state index contributed by atoms with van der Waals surface area (Å²) in [6, 6.07) is 19.7. The molecule has 34 heavy (non-hydrogen) atoms. The van der Waals surface area contributed by atoms with Gasteiger partial charge in [-0.3, -0.25) is 4.79 Å². The summed E-state index contributed by atoms with van der Waals surface area (Å²) in [6.07, 6.45) is 0. The van der Waals surface area contributed by atoms with Gasteiger partial charge in [-0.15, -0.1) is 0 Å². The normalized spacial score (nSPS) is 14.1. The number of para-hydroxylation sites is 2.